The molecule has 1 saturated carbocycles. The normalized spacial score (nSPS) is 18.9. The quantitative estimate of drug-likeness (QED) is 0.618. The summed E-state index contributed by atoms with van der Waals surface area (Å²) in [5, 5.41) is 3.61. The first-order chi connectivity index (χ1) is 15.5. The van der Waals surface area contributed by atoms with Gasteiger partial charge in [-0.3, -0.25) is 9.59 Å². The molecule has 2 aromatic rings. The maximum Gasteiger partial charge on any atom is 0.245 e. The average molecular weight is 457 g/mol. The van der Waals surface area contributed by atoms with Crippen LogP contribution in [0.4, 0.5) is 0 Å². The minimum absolute atomic E-state index is 0.0180. The highest BCUT2D eigenvalue weighted by Gasteiger charge is 2.41. The predicted octanol–water partition coefficient (Wildman–Crippen LogP) is 4.08. The van der Waals surface area contributed by atoms with Crippen LogP contribution in [-0.2, 0) is 22.6 Å². The molecule has 0 spiro atoms. The lowest BCUT2D eigenvalue weighted by atomic mass is 9.74. The van der Waals surface area contributed by atoms with Gasteiger partial charge in [0, 0.05) is 49.9 Å². The van der Waals surface area contributed by atoms with Gasteiger partial charge in [-0.15, -0.1) is 0 Å². The zero-order chi connectivity index (χ0) is 22.6. The number of piperidine rings is 1. The van der Waals surface area contributed by atoms with Crippen LogP contribution in [0.15, 0.2) is 43.0 Å². The second-order valence-corrected chi connectivity index (χ2v) is 9.95. The molecule has 1 aromatic carbocycles. The maximum atomic E-state index is 13.5. The van der Waals surface area contributed by atoms with Crippen LogP contribution in [0.25, 0.3) is 0 Å². The minimum Gasteiger partial charge on any atom is -0.344 e. The van der Waals surface area contributed by atoms with Crippen molar-refractivity contribution in [2.75, 3.05) is 13.1 Å². The first kappa shape index (κ1) is 22.8. The second-order valence-electron chi connectivity index (χ2n) is 9.51. The molecule has 1 saturated heterocycles. The van der Waals surface area contributed by atoms with Crippen LogP contribution in [0.2, 0.25) is 5.02 Å². The number of carbonyl (C=O) groups excluding carboxylic acids is 2. The van der Waals surface area contributed by atoms with E-state index in [0.717, 1.165) is 44.0 Å². The summed E-state index contributed by atoms with van der Waals surface area (Å²) in [6.07, 6.45) is 12.5. The molecule has 1 aromatic heterocycles. The molecule has 2 aliphatic rings. The lowest BCUT2D eigenvalue weighted by molar-refractivity contribution is -0.138. The van der Waals surface area contributed by atoms with E-state index in [1.165, 1.54) is 19.3 Å². The van der Waals surface area contributed by atoms with Crippen LogP contribution in [0.5, 0.6) is 0 Å². The number of aromatic nitrogens is 2. The standard InChI is InChI=1S/C25H33ClN4O2/c1-2-23(31)28-22(15-19-5-7-21(26)8-6-19)24(32)30-12-9-25(10-13-30,16-20-3-4-20)17-29-14-11-27-18-29/h5-8,11,14,18,20,22H,2-4,9-10,12-13,15-17H2,1H3,(H,28,31). The van der Waals surface area contributed by atoms with E-state index in [1.54, 1.807) is 0 Å². The molecule has 4 rings (SSSR count). The van der Waals surface area contributed by atoms with Crippen molar-refractivity contribution in [3.8, 4) is 0 Å². The molecular formula is C25H33ClN4O2. The van der Waals surface area contributed by atoms with Gasteiger partial charge in [0.15, 0.2) is 0 Å². The zero-order valence-electron chi connectivity index (χ0n) is 18.8. The highest BCUT2D eigenvalue weighted by atomic mass is 35.5. The summed E-state index contributed by atoms with van der Waals surface area (Å²) in [4.78, 5) is 31.8. The average Bonchev–Trinajstić information content (AvgIpc) is 3.46. The Morgan fingerprint density at radius 1 is 1.22 bits per heavy atom. The minimum atomic E-state index is -0.548. The highest BCUT2D eigenvalue weighted by molar-refractivity contribution is 6.30. The number of imidazole rings is 1. The summed E-state index contributed by atoms with van der Waals surface area (Å²) in [5.74, 6) is 0.754. The van der Waals surface area contributed by atoms with Crippen molar-refractivity contribution < 1.29 is 9.59 Å². The Morgan fingerprint density at radius 3 is 2.53 bits per heavy atom. The Labute approximate surface area is 195 Å². The van der Waals surface area contributed by atoms with E-state index in [2.05, 4.69) is 14.9 Å². The Bertz CT molecular complexity index is 901. The number of amides is 2. The summed E-state index contributed by atoms with van der Waals surface area (Å²) in [6, 6.07) is 6.94. The second kappa shape index (κ2) is 10.1. The van der Waals surface area contributed by atoms with E-state index in [0.29, 0.717) is 17.9 Å². The van der Waals surface area contributed by atoms with E-state index in [1.807, 2.05) is 54.8 Å². The molecule has 1 aliphatic heterocycles. The van der Waals surface area contributed by atoms with Gasteiger partial charge in [-0.2, -0.15) is 0 Å². The predicted molar refractivity (Wildman–Crippen MR) is 125 cm³/mol. The maximum absolute atomic E-state index is 13.5. The SMILES string of the molecule is CCC(=O)NC(Cc1ccc(Cl)cc1)C(=O)N1CCC(CC2CC2)(Cn2ccnc2)CC1. The molecule has 2 heterocycles. The zero-order valence-corrected chi connectivity index (χ0v) is 19.6. The molecular weight excluding hydrogens is 424 g/mol. The number of likely N-dealkylation sites (tertiary alicyclic amines) is 1. The van der Waals surface area contributed by atoms with Crippen LogP contribution < -0.4 is 5.32 Å². The van der Waals surface area contributed by atoms with Gasteiger partial charge in [0.2, 0.25) is 11.8 Å². The van der Waals surface area contributed by atoms with Gasteiger partial charge in [0.05, 0.1) is 6.33 Å². The van der Waals surface area contributed by atoms with Gasteiger partial charge in [0.1, 0.15) is 6.04 Å². The number of carbonyl (C=O) groups is 2. The lowest BCUT2D eigenvalue weighted by Gasteiger charge is -2.43. The third kappa shape index (κ3) is 5.91. The van der Waals surface area contributed by atoms with Gasteiger partial charge in [-0.25, -0.2) is 4.98 Å². The molecule has 1 atom stereocenters. The van der Waals surface area contributed by atoms with Crippen molar-refractivity contribution in [1.82, 2.24) is 19.8 Å². The summed E-state index contributed by atoms with van der Waals surface area (Å²) in [7, 11) is 0. The smallest absolute Gasteiger partial charge is 0.245 e. The fraction of sp³-hybridized carbons (Fsp3) is 0.560. The van der Waals surface area contributed by atoms with Gasteiger partial charge >= 0.3 is 0 Å². The Kier molecular flexibility index (Phi) is 7.19. The fourth-order valence-electron chi connectivity index (χ4n) is 4.90. The first-order valence-electron chi connectivity index (χ1n) is 11.7. The number of nitrogens with zero attached hydrogens (tertiary/aromatic N) is 3. The van der Waals surface area contributed by atoms with Crippen LogP contribution in [0, 0.1) is 11.3 Å². The van der Waals surface area contributed by atoms with E-state index in [-0.39, 0.29) is 17.2 Å². The largest absolute Gasteiger partial charge is 0.344 e. The van der Waals surface area contributed by atoms with E-state index < -0.39 is 6.04 Å². The Morgan fingerprint density at radius 2 is 1.94 bits per heavy atom. The van der Waals surface area contributed by atoms with E-state index >= 15 is 0 Å². The third-order valence-corrected chi connectivity index (χ3v) is 7.19. The first-order valence-corrected chi connectivity index (χ1v) is 12.1. The van der Waals surface area contributed by atoms with Crippen LogP contribution in [-0.4, -0.2) is 45.4 Å². The van der Waals surface area contributed by atoms with Crippen molar-refractivity contribution >= 4 is 23.4 Å². The number of hydrogen-bond donors (Lipinski definition) is 1. The Hall–Kier alpha value is -2.34. The van der Waals surface area contributed by atoms with Crippen molar-refractivity contribution in [2.45, 2.75) is 64.5 Å². The van der Waals surface area contributed by atoms with Crippen molar-refractivity contribution in [2.24, 2.45) is 11.3 Å². The van der Waals surface area contributed by atoms with Gasteiger partial charge < -0.3 is 14.8 Å². The summed E-state index contributed by atoms with van der Waals surface area (Å²) in [5.41, 5.74) is 1.21. The monoisotopic (exact) mass is 456 g/mol. The van der Waals surface area contributed by atoms with Gasteiger partial charge in [0.25, 0.3) is 0 Å². The Balaban J connectivity index is 1.43. The molecule has 0 radical (unpaired) electrons. The molecule has 32 heavy (non-hydrogen) atoms. The molecule has 1 N–H and O–H groups in total. The molecule has 0 bridgehead atoms. The summed E-state index contributed by atoms with van der Waals surface area (Å²) >= 11 is 6.01. The molecule has 172 valence electrons. The molecule has 2 amide bonds. The molecule has 2 fully saturated rings. The number of nitrogens with one attached hydrogen (secondary N) is 1. The van der Waals surface area contributed by atoms with E-state index in [9.17, 15) is 9.59 Å². The topological polar surface area (TPSA) is 67.2 Å². The third-order valence-electron chi connectivity index (χ3n) is 6.94. The van der Waals surface area contributed by atoms with E-state index in [4.69, 9.17) is 11.6 Å². The lowest BCUT2D eigenvalue weighted by Crippen LogP contribution is -2.53. The molecule has 1 aliphatic carbocycles. The van der Waals surface area contributed by atoms with Gasteiger partial charge in [-0.05, 0) is 48.3 Å². The van der Waals surface area contributed by atoms with Crippen molar-refractivity contribution in [1.29, 1.82) is 0 Å². The number of benzene rings is 1. The summed E-state index contributed by atoms with van der Waals surface area (Å²) < 4.78 is 2.19. The molecule has 6 nitrogen and oxygen atoms in total. The van der Waals surface area contributed by atoms with Crippen LogP contribution in [0.3, 0.4) is 0 Å². The van der Waals surface area contributed by atoms with Crippen LogP contribution >= 0.6 is 11.6 Å². The number of halogens is 1. The number of hydrogen-bond acceptors (Lipinski definition) is 3. The highest BCUT2D eigenvalue weighted by Crippen LogP contribution is 2.46. The number of rotatable bonds is 9. The van der Waals surface area contributed by atoms with Gasteiger partial charge in [-0.1, -0.05) is 43.5 Å². The van der Waals surface area contributed by atoms with Crippen molar-refractivity contribution in [3.05, 3.63) is 53.6 Å². The fourth-order valence-corrected chi connectivity index (χ4v) is 5.03. The molecule has 1 unspecified atom stereocenters. The molecule has 7 heteroatoms. The van der Waals surface area contributed by atoms with Crippen molar-refractivity contribution in [3.63, 3.8) is 0 Å². The van der Waals surface area contributed by atoms with Crippen LogP contribution in [0.1, 0.15) is 51.0 Å². The summed E-state index contributed by atoms with van der Waals surface area (Å²) in [6.45, 7) is 4.24.